The van der Waals surface area contributed by atoms with Gasteiger partial charge in [-0.05, 0) is 25.2 Å². The molecule has 0 radical (unpaired) electrons. The number of fused-ring (bicyclic) bond motifs is 1. The summed E-state index contributed by atoms with van der Waals surface area (Å²) < 4.78 is 1.83. The van der Waals surface area contributed by atoms with Gasteiger partial charge in [-0.2, -0.15) is 0 Å². The smallest absolute Gasteiger partial charge is 0.320 e. The van der Waals surface area contributed by atoms with Crippen LogP contribution in [0.4, 0.5) is 0 Å². The molecule has 0 aromatic carbocycles. The maximum absolute atomic E-state index is 11.5. The summed E-state index contributed by atoms with van der Waals surface area (Å²) in [5.74, 6) is 0.660. The van der Waals surface area contributed by atoms with Gasteiger partial charge in [0.25, 0.3) is 0 Å². The van der Waals surface area contributed by atoms with Gasteiger partial charge in [-0.1, -0.05) is 24.4 Å². The molecule has 110 valence electrons. The summed E-state index contributed by atoms with van der Waals surface area (Å²) in [6.07, 6.45) is 7.10. The number of nitrogens with zero attached hydrogens (tertiary/aromatic N) is 3. The molecule has 1 N–H and O–H groups in total. The van der Waals surface area contributed by atoms with Crippen LogP contribution in [0.2, 0.25) is 5.15 Å². The maximum Gasteiger partial charge on any atom is 0.320 e. The van der Waals surface area contributed by atoms with Crippen LogP contribution in [-0.2, 0) is 18.4 Å². The standard InChI is InChI=1S/C14H20ClN3O2/c1-17-12(15)7-16-13(17)8-18-10-5-3-2-4-9(10)6-11(18)14(19)20/h7,9-11H,2-6,8H2,1H3,(H,19,20). The van der Waals surface area contributed by atoms with E-state index in [-0.39, 0.29) is 6.04 Å². The van der Waals surface area contributed by atoms with Gasteiger partial charge in [0.2, 0.25) is 0 Å². The molecule has 2 aliphatic rings. The van der Waals surface area contributed by atoms with Crippen molar-refractivity contribution in [2.75, 3.05) is 0 Å². The second-order valence-corrected chi connectivity index (χ2v) is 6.32. The highest BCUT2D eigenvalue weighted by Crippen LogP contribution is 2.40. The van der Waals surface area contributed by atoms with E-state index in [4.69, 9.17) is 11.6 Å². The Bertz CT molecular complexity index is 517. The van der Waals surface area contributed by atoms with Gasteiger partial charge in [0.1, 0.15) is 17.0 Å². The number of halogens is 1. The Balaban J connectivity index is 1.84. The number of imidazole rings is 1. The number of carbonyl (C=O) groups is 1. The van der Waals surface area contributed by atoms with Gasteiger partial charge in [0.15, 0.2) is 0 Å². The summed E-state index contributed by atoms with van der Waals surface area (Å²) in [5.41, 5.74) is 0. The zero-order valence-corrected chi connectivity index (χ0v) is 12.4. The fraction of sp³-hybridized carbons (Fsp3) is 0.714. The average molecular weight is 298 g/mol. The molecule has 1 aromatic heterocycles. The van der Waals surface area contributed by atoms with Crippen LogP contribution < -0.4 is 0 Å². The van der Waals surface area contributed by atoms with Crippen molar-refractivity contribution in [3.63, 3.8) is 0 Å². The van der Waals surface area contributed by atoms with Gasteiger partial charge in [-0.3, -0.25) is 9.69 Å². The normalized spacial score (nSPS) is 30.4. The number of likely N-dealkylation sites (tertiary alicyclic amines) is 1. The minimum atomic E-state index is -0.709. The highest BCUT2D eigenvalue weighted by Gasteiger charge is 2.45. The van der Waals surface area contributed by atoms with Crippen molar-refractivity contribution in [1.29, 1.82) is 0 Å². The van der Waals surface area contributed by atoms with Crippen LogP contribution in [-0.4, -0.2) is 37.6 Å². The summed E-state index contributed by atoms with van der Waals surface area (Å²) >= 11 is 6.02. The Morgan fingerprint density at radius 1 is 1.50 bits per heavy atom. The Hall–Kier alpha value is -1.07. The van der Waals surface area contributed by atoms with Crippen LogP contribution in [0.15, 0.2) is 6.20 Å². The number of hydrogen-bond donors (Lipinski definition) is 1. The Morgan fingerprint density at radius 2 is 2.25 bits per heavy atom. The first-order chi connectivity index (χ1) is 9.58. The Kier molecular flexibility index (Phi) is 3.73. The third-order valence-electron chi connectivity index (χ3n) is 4.86. The van der Waals surface area contributed by atoms with Gasteiger partial charge >= 0.3 is 5.97 Å². The number of rotatable bonds is 3. The lowest BCUT2D eigenvalue weighted by atomic mass is 9.85. The van der Waals surface area contributed by atoms with Crippen LogP contribution in [0.25, 0.3) is 0 Å². The molecule has 3 unspecified atom stereocenters. The van der Waals surface area contributed by atoms with E-state index in [1.165, 1.54) is 12.8 Å². The van der Waals surface area contributed by atoms with Crippen molar-refractivity contribution in [2.24, 2.45) is 13.0 Å². The van der Waals surface area contributed by atoms with E-state index in [1.54, 1.807) is 6.20 Å². The van der Waals surface area contributed by atoms with Gasteiger partial charge in [0, 0.05) is 13.1 Å². The lowest BCUT2D eigenvalue weighted by Gasteiger charge is -2.32. The molecule has 6 heteroatoms. The third-order valence-corrected chi connectivity index (χ3v) is 5.21. The average Bonchev–Trinajstić information content (AvgIpc) is 2.95. The first-order valence-electron chi connectivity index (χ1n) is 7.22. The van der Waals surface area contributed by atoms with E-state index in [1.807, 2.05) is 11.6 Å². The number of aromatic nitrogens is 2. The predicted octanol–water partition coefficient (Wildman–Crippen LogP) is 2.29. The fourth-order valence-corrected chi connectivity index (χ4v) is 3.90. The first-order valence-corrected chi connectivity index (χ1v) is 7.60. The molecule has 3 atom stereocenters. The Morgan fingerprint density at radius 3 is 2.90 bits per heavy atom. The molecule has 20 heavy (non-hydrogen) atoms. The highest BCUT2D eigenvalue weighted by atomic mass is 35.5. The Labute approximate surface area is 123 Å². The molecule has 3 rings (SSSR count). The minimum Gasteiger partial charge on any atom is -0.480 e. The maximum atomic E-state index is 11.5. The molecule has 2 fully saturated rings. The number of hydrogen-bond acceptors (Lipinski definition) is 3. The van der Waals surface area contributed by atoms with Crippen molar-refractivity contribution in [3.05, 3.63) is 17.2 Å². The van der Waals surface area contributed by atoms with Gasteiger partial charge < -0.3 is 9.67 Å². The molecule has 0 amide bonds. The van der Waals surface area contributed by atoms with Gasteiger partial charge in [0.05, 0.1) is 12.7 Å². The first kappa shape index (κ1) is 13.9. The summed E-state index contributed by atoms with van der Waals surface area (Å²) in [7, 11) is 1.87. The van der Waals surface area contributed by atoms with E-state index >= 15 is 0 Å². The second-order valence-electron chi connectivity index (χ2n) is 5.93. The van der Waals surface area contributed by atoms with Crippen LogP contribution in [0.5, 0.6) is 0 Å². The number of carboxylic acid groups (broad SMARTS) is 1. The molecule has 2 heterocycles. The van der Waals surface area contributed by atoms with E-state index in [2.05, 4.69) is 9.88 Å². The minimum absolute atomic E-state index is 0.376. The topological polar surface area (TPSA) is 58.4 Å². The molecule has 0 bridgehead atoms. The lowest BCUT2D eigenvalue weighted by Crippen LogP contribution is -2.42. The molecular formula is C14H20ClN3O2. The molecule has 1 aromatic rings. The van der Waals surface area contributed by atoms with E-state index < -0.39 is 5.97 Å². The van der Waals surface area contributed by atoms with E-state index in [9.17, 15) is 9.90 Å². The van der Waals surface area contributed by atoms with E-state index in [0.29, 0.717) is 23.7 Å². The van der Waals surface area contributed by atoms with Crippen LogP contribution in [0.1, 0.15) is 37.9 Å². The highest BCUT2D eigenvalue weighted by molar-refractivity contribution is 6.29. The van der Waals surface area contributed by atoms with Crippen molar-refractivity contribution < 1.29 is 9.90 Å². The molecular weight excluding hydrogens is 278 g/mol. The van der Waals surface area contributed by atoms with Gasteiger partial charge in [-0.25, -0.2) is 4.98 Å². The van der Waals surface area contributed by atoms with Crippen molar-refractivity contribution >= 4 is 17.6 Å². The van der Waals surface area contributed by atoms with Crippen LogP contribution in [0.3, 0.4) is 0 Å². The van der Waals surface area contributed by atoms with Crippen molar-refractivity contribution in [3.8, 4) is 0 Å². The van der Waals surface area contributed by atoms with Crippen LogP contribution >= 0.6 is 11.6 Å². The van der Waals surface area contributed by atoms with Crippen LogP contribution in [0, 0.1) is 5.92 Å². The monoisotopic (exact) mass is 297 g/mol. The number of carboxylic acids is 1. The van der Waals surface area contributed by atoms with E-state index in [0.717, 1.165) is 25.1 Å². The predicted molar refractivity (Wildman–Crippen MR) is 75.5 cm³/mol. The molecule has 0 spiro atoms. The zero-order valence-electron chi connectivity index (χ0n) is 11.6. The molecule has 5 nitrogen and oxygen atoms in total. The summed E-state index contributed by atoms with van der Waals surface area (Å²) in [5, 5.41) is 10.1. The summed E-state index contributed by atoms with van der Waals surface area (Å²) in [6, 6.07) is 0.0129. The van der Waals surface area contributed by atoms with Gasteiger partial charge in [-0.15, -0.1) is 0 Å². The SMILES string of the molecule is Cn1c(Cl)cnc1CN1C(C(=O)O)CC2CCCCC21. The van der Waals surface area contributed by atoms with Crippen molar-refractivity contribution in [1.82, 2.24) is 14.5 Å². The molecule has 1 aliphatic heterocycles. The molecule has 1 aliphatic carbocycles. The fourth-order valence-electron chi connectivity index (χ4n) is 3.76. The molecule has 1 saturated heterocycles. The van der Waals surface area contributed by atoms with Crippen molar-refractivity contribution in [2.45, 2.75) is 50.7 Å². The number of aliphatic carboxylic acids is 1. The summed E-state index contributed by atoms with van der Waals surface area (Å²) in [4.78, 5) is 18.0. The zero-order chi connectivity index (χ0) is 14.3. The largest absolute Gasteiger partial charge is 0.480 e. The summed E-state index contributed by atoms with van der Waals surface area (Å²) in [6.45, 7) is 0.571. The third kappa shape index (κ3) is 2.33. The second kappa shape index (κ2) is 5.37. The quantitative estimate of drug-likeness (QED) is 0.930. The molecule has 1 saturated carbocycles. The lowest BCUT2D eigenvalue weighted by molar-refractivity contribution is -0.143.